The highest BCUT2D eigenvalue weighted by Gasteiger charge is 2.52. The van der Waals surface area contributed by atoms with Gasteiger partial charge < -0.3 is 9.80 Å². The van der Waals surface area contributed by atoms with Crippen LogP contribution in [0.5, 0.6) is 0 Å². The molecule has 3 aliphatic rings. The Bertz CT molecular complexity index is 4370. The Balaban J connectivity index is 1.01. The van der Waals surface area contributed by atoms with Crippen molar-refractivity contribution in [2.24, 2.45) is 0 Å². The average molecular weight is 1020 g/mol. The van der Waals surface area contributed by atoms with Crippen molar-refractivity contribution < 1.29 is 0 Å². The molecule has 0 saturated carbocycles. The molecule has 2 nitrogen and oxygen atoms in total. The first kappa shape index (κ1) is 48.7. The van der Waals surface area contributed by atoms with Crippen LogP contribution in [0, 0.1) is 0 Å². The maximum atomic E-state index is 7.04. The monoisotopic (exact) mass is 1020 g/mol. The summed E-state index contributed by atoms with van der Waals surface area (Å²) in [5, 5.41) is 0. The first-order valence-corrected chi connectivity index (χ1v) is 27.5. The van der Waals surface area contributed by atoms with Crippen LogP contribution in [-0.4, -0.2) is 39.2 Å². The van der Waals surface area contributed by atoms with Crippen molar-refractivity contribution in [3.8, 4) is 44.5 Å². The fraction of sp³-hybridized carbons (Fsp3) is 0.0270. The van der Waals surface area contributed by atoms with E-state index < -0.39 is 10.8 Å². The molecule has 1 atom stereocenters. The Kier molecular flexibility index (Phi) is 11.3. The number of anilines is 6. The second-order valence-corrected chi connectivity index (χ2v) is 21.4. The highest BCUT2D eigenvalue weighted by molar-refractivity contribution is 6.68. The topological polar surface area (TPSA) is 6.48 Å². The largest absolute Gasteiger partial charge is 0.310 e. The third kappa shape index (κ3) is 7.01. The Morgan fingerprint density at radius 1 is 0.222 bits per heavy atom. The highest BCUT2D eigenvalue weighted by Crippen LogP contribution is 2.65. The minimum Gasteiger partial charge on any atom is -0.310 e. The van der Waals surface area contributed by atoms with Gasteiger partial charge in [-0.2, -0.15) is 0 Å². The Labute approximate surface area is 480 Å². The van der Waals surface area contributed by atoms with Gasteiger partial charge in [0.15, 0.2) is 0 Å². The number of hydrogen-bond donors (Lipinski definition) is 0. The van der Waals surface area contributed by atoms with Crippen LogP contribution in [0.15, 0.2) is 273 Å². The van der Waals surface area contributed by atoms with Gasteiger partial charge in [-0.3, -0.25) is 0 Å². The zero-order valence-electron chi connectivity index (χ0n) is 44.3. The summed E-state index contributed by atoms with van der Waals surface area (Å²) < 4.78 is 0. The molecule has 0 heterocycles. The predicted octanol–water partition coefficient (Wildman–Crippen LogP) is 13.0. The summed E-state index contributed by atoms with van der Waals surface area (Å²) in [4.78, 5) is 4.71. The molecule has 10 radical (unpaired) electrons. The van der Waals surface area contributed by atoms with E-state index in [4.69, 9.17) is 39.2 Å². The molecule has 0 aliphatic heterocycles. The molecule has 0 saturated heterocycles. The molecular weight excluding hydrogens is 971 g/mol. The maximum absolute atomic E-state index is 7.04. The van der Waals surface area contributed by atoms with Gasteiger partial charge in [-0.25, -0.2) is 0 Å². The molecule has 7 heteroatoms. The van der Waals surface area contributed by atoms with E-state index in [1.165, 1.54) is 72.3 Å². The third-order valence-electron chi connectivity index (χ3n) is 17.4. The van der Waals surface area contributed by atoms with Gasteiger partial charge in [-0.1, -0.05) is 217 Å². The summed E-state index contributed by atoms with van der Waals surface area (Å²) in [5.74, 6) is 0. The van der Waals surface area contributed by atoms with Crippen molar-refractivity contribution in [2.45, 2.75) is 10.8 Å². The van der Waals surface area contributed by atoms with Crippen LogP contribution >= 0.6 is 0 Å². The van der Waals surface area contributed by atoms with E-state index in [0.29, 0.717) is 5.56 Å². The van der Waals surface area contributed by atoms with Crippen molar-refractivity contribution in [1.82, 2.24) is 0 Å². The maximum Gasteiger partial charge on any atom is 0.113 e. The lowest BCUT2D eigenvalue weighted by molar-refractivity contribution is 0.768. The second kappa shape index (κ2) is 18.9. The Morgan fingerprint density at radius 2 is 0.568 bits per heavy atom. The van der Waals surface area contributed by atoms with Gasteiger partial charge in [0.1, 0.15) is 39.2 Å². The molecule has 366 valence electrons. The molecule has 3 aliphatic carbocycles. The van der Waals surface area contributed by atoms with Crippen molar-refractivity contribution >= 4 is 101 Å². The summed E-state index contributed by atoms with van der Waals surface area (Å²) in [6.07, 6.45) is 0. The number of para-hydroxylation sites is 3. The fourth-order valence-corrected chi connectivity index (χ4v) is 14.0. The van der Waals surface area contributed by atoms with Gasteiger partial charge in [-0.15, -0.1) is 16.4 Å². The van der Waals surface area contributed by atoms with Crippen LogP contribution in [0.25, 0.3) is 44.5 Å². The molecular formula is C74H45B5N2. The van der Waals surface area contributed by atoms with Crippen molar-refractivity contribution in [3.05, 3.63) is 317 Å². The van der Waals surface area contributed by atoms with Crippen molar-refractivity contribution in [3.63, 3.8) is 0 Å². The van der Waals surface area contributed by atoms with Crippen LogP contribution in [0.4, 0.5) is 34.1 Å². The molecule has 12 aromatic carbocycles. The van der Waals surface area contributed by atoms with Gasteiger partial charge in [-0.05, 0) is 150 Å². The Morgan fingerprint density at radius 3 is 1.07 bits per heavy atom. The summed E-state index contributed by atoms with van der Waals surface area (Å²) in [6.45, 7) is 0. The lowest BCUT2D eigenvalue weighted by Gasteiger charge is -2.35. The number of hydrogen-bond acceptors (Lipinski definition) is 2. The summed E-state index contributed by atoms with van der Waals surface area (Å²) in [6, 6.07) is 99.1. The van der Waals surface area contributed by atoms with Crippen molar-refractivity contribution in [1.29, 1.82) is 0 Å². The van der Waals surface area contributed by atoms with Crippen LogP contribution in [0.3, 0.4) is 0 Å². The van der Waals surface area contributed by atoms with Crippen LogP contribution in [0.2, 0.25) is 0 Å². The molecule has 1 unspecified atom stereocenters. The predicted molar refractivity (Wildman–Crippen MR) is 342 cm³/mol. The van der Waals surface area contributed by atoms with Gasteiger partial charge in [0.25, 0.3) is 0 Å². The minimum absolute atomic E-state index is 0.167. The molecule has 1 spiro atoms. The molecule has 0 amide bonds. The quantitative estimate of drug-likeness (QED) is 0.133. The first-order chi connectivity index (χ1) is 39.8. The van der Waals surface area contributed by atoms with Gasteiger partial charge >= 0.3 is 0 Å². The van der Waals surface area contributed by atoms with Crippen LogP contribution < -0.4 is 37.1 Å². The van der Waals surface area contributed by atoms with E-state index in [9.17, 15) is 0 Å². The Hall–Kier alpha value is -9.44. The molecule has 81 heavy (non-hydrogen) atoms. The van der Waals surface area contributed by atoms with Crippen molar-refractivity contribution in [2.75, 3.05) is 9.80 Å². The van der Waals surface area contributed by atoms with E-state index in [2.05, 4.69) is 271 Å². The third-order valence-corrected chi connectivity index (χ3v) is 17.4. The van der Waals surface area contributed by atoms with Crippen LogP contribution in [-0.2, 0) is 10.8 Å². The normalized spacial score (nSPS) is 14.6. The number of fused-ring (bicyclic) bond motifs is 13. The molecule has 0 aromatic heterocycles. The fourth-order valence-electron chi connectivity index (χ4n) is 14.0. The molecule has 15 rings (SSSR count). The zero-order chi connectivity index (χ0) is 54.6. The highest BCUT2D eigenvalue weighted by atomic mass is 15.1. The standard InChI is InChI=1S/C74H45B5N2/c75-68-67(69(76)71(78)72(79)70(68)77)58-32-16-20-36-66(58)81(50-39-42-63-59(43-50)55-31-15-17-33-60(55)73(63,46-21-5-1-6-22-46)47-23-7-2-8-24-47)52-38-41-57-54-30-14-19-35-62(54)74(65(57)45-52)61-34-18-13-29-53(61)56-40-37-51(44-64(56)74)80(48-25-9-3-10-26-48)49-27-11-4-12-28-49/h1-45H. The van der Waals surface area contributed by atoms with E-state index in [0.717, 1.165) is 45.3 Å². The average Bonchev–Trinajstić information content (AvgIpc) is 4.30. The number of rotatable bonds is 9. The molecule has 12 aromatic rings. The molecule has 0 fully saturated rings. The zero-order valence-corrected chi connectivity index (χ0v) is 44.3. The van der Waals surface area contributed by atoms with Gasteiger partial charge in [0.05, 0.1) is 16.5 Å². The number of benzene rings is 12. The smallest absolute Gasteiger partial charge is 0.113 e. The molecule has 0 N–H and O–H groups in total. The van der Waals surface area contributed by atoms with E-state index >= 15 is 0 Å². The minimum atomic E-state index is -0.718. The first-order valence-electron chi connectivity index (χ1n) is 27.5. The number of nitrogens with zero attached hydrogens (tertiary/aromatic N) is 2. The van der Waals surface area contributed by atoms with E-state index in [1.54, 1.807) is 0 Å². The van der Waals surface area contributed by atoms with Crippen LogP contribution in [0.1, 0.15) is 44.5 Å². The van der Waals surface area contributed by atoms with Gasteiger partial charge in [0, 0.05) is 34.0 Å². The second-order valence-electron chi connectivity index (χ2n) is 21.4. The summed E-state index contributed by atoms with van der Waals surface area (Å²) >= 11 is 0. The SMILES string of the molecule is [B]c1c([B])c([B])c(-c2ccccc2N(c2ccc3c(c2)-c2ccccc2C3(c2ccccc2)c2ccccc2)c2ccc3c(c2)C2(c4ccccc4-c4ccc(N(c5ccccc5)c5ccccc5)cc42)c2ccccc2-3)c([B])c1[B]. The van der Waals surface area contributed by atoms with E-state index in [-0.39, 0.29) is 27.3 Å². The summed E-state index contributed by atoms with van der Waals surface area (Å²) in [7, 11) is 34.0. The van der Waals surface area contributed by atoms with E-state index in [1.807, 2.05) is 12.1 Å². The summed E-state index contributed by atoms with van der Waals surface area (Å²) in [5.41, 5.74) is 23.7. The lowest BCUT2D eigenvalue weighted by atomic mass is 9.59. The lowest BCUT2D eigenvalue weighted by Crippen LogP contribution is -2.55. The molecule has 0 bridgehead atoms. The van der Waals surface area contributed by atoms with Gasteiger partial charge in [0.2, 0.25) is 0 Å².